The fraction of sp³-hybridized carbons (Fsp3) is 0.476. The third-order valence-electron chi connectivity index (χ3n) is 4.41. The molecular formula is C21H31N5O7. The van der Waals surface area contributed by atoms with Crippen molar-refractivity contribution in [1.82, 2.24) is 20.9 Å². The number of carbonyl (C=O) groups is 5. The molecule has 0 bridgehead atoms. The van der Waals surface area contributed by atoms with Gasteiger partial charge in [0.2, 0.25) is 17.7 Å². The van der Waals surface area contributed by atoms with Gasteiger partial charge < -0.3 is 36.4 Å². The average molecular weight is 466 g/mol. The summed E-state index contributed by atoms with van der Waals surface area (Å²) in [4.78, 5) is 60.8. The van der Waals surface area contributed by atoms with Gasteiger partial charge in [0.05, 0.1) is 12.6 Å². The van der Waals surface area contributed by atoms with E-state index in [1.807, 2.05) is 6.07 Å². The summed E-state index contributed by atoms with van der Waals surface area (Å²) in [7, 11) is 0. The Hall–Kier alpha value is -3.67. The molecule has 3 atom stereocenters. The van der Waals surface area contributed by atoms with E-state index in [1.165, 1.54) is 20.8 Å². The molecule has 33 heavy (non-hydrogen) atoms. The third-order valence-corrected chi connectivity index (χ3v) is 4.41. The standard InChI is InChI=1S/C21H31N5O7/c1-13(22)18(28)23-9-10-26(11-17(27)24-15(3)20(30)31)19(29)14(2)25-21(32)33-12-16-7-5-4-6-8-16/h4-8,13-15H,9-12,22H2,1-3H3,(H,23,28)(H,24,27)(H,25,32)(H,30,31)/t13-,14-,15-/m0/s1. The molecule has 0 aliphatic carbocycles. The van der Waals surface area contributed by atoms with Crippen molar-refractivity contribution < 1.29 is 33.8 Å². The molecule has 0 unspecified atom stereocenters. The first-order chi connectivity index (χ1) is 15.5. The van der Waals surface area contributed by atoms with Gasteiger partial charge in [-0.15, -0.1) is 0 Å². The van der Waals surface area contributed by atoms with Crippen molar-refractivity contribution in [2.75, 3.05) is 19.6 Å². The molecule has 0 radical (unpaired) electrons. The molecular weight excluding hydrogens is 434 g/mol. The van der Waals surface area contributed by atoms with Crippen molar-refractivity contribution in [3.8, 4) is 0 Å². The van der Waals surface area contributed by atoms with Crippen molar-refractivity contribution in [1.29, 1.82) is 0 Å². The van der Waals surface area contributed by atoms with Crippen LogP contribution >= 0.6 is 0 Å². The topological polar surface area (TPSA) is 180 Å². The summed E-state index contributed by atoms with van der Waals surface area (Å²) in [5.41, 5.74) is 6.24. The Morgan fingerprint density at radius 2 is 1.67 bits per heavy atom. The average Bonchev–Trinajstić information content (AvgIpc) is 2.76. The Morgan fingerprint density at radius 1 is 1.03 bits per heavy atom. The first-order valence-electron chi connectivity index (χ1n) is 10.3. The number of carboxylic acid groups (broad SMARTS) is 1. The summed E-state index contributed by atoms with van der Waals surface area (Å²) in [6.07, 6.45) is -0.825. The number of amides is 4. The smallest absolute Gasteiger partial charge is 0.408 e. The van der Waals surface area contributed by atoms with E-state index in [0.29, 0.717) is 0 Å². The van der Waals surface area contributed by atoms with Crippen molar-refractivity contribution in [3.05, 3.63) is 35.9 Å². The molecule has 12 nitrogen and oxygen atoms in total. The maximum Gasteiger partial charge on any atom is 0.408 e. The number of alkyl carbamates (subject to hydrolysis) is 1. The normalized spacial score (nSPS) is 13.1. The molecule has 0 saturated heterocycles. The Morgan fingerprint density at radius 3 is 2.24 bits per heavy atom. The number of carbonyl (C=O) groups excluding carboxylic acids is 4. The van der Waals surface area contributed by atoms with Crippen LogP contribution in [0.4, 0.5) is 4.79 Å². The van der Waals surface area contributed by atoms with Crippen LogP contribution < -0.4 is 21.7 Å². The van der Waals surface area contributed by atoms with E-state index in [4.69, 9.17) is 15.6 Å². The summed E-state index contributed by atoms with van der Waals surface area (Å²) in [5.74, 6) is -3.01. The van der Waals surface area contributed by atoms with Crippen molar-refractivity contribution in [3.63, 3.8) is 0 Å². The fourth-order valence-electron chi connectivity index (χ4n) is 2.54. The molecule has 0 spiro atoms. The Bertz CT molecular complexity index is 832. The van der Waals surface area contributed by atoms with Crippen LogP contribution in [0.1, 0.15) is 26.3 Å². The lowest BCUT2D eigenvalue weighted by Crippen LogP contribution is -2.53. The van der Waals surface area contributed by atoms with Crippen molar-refractivity contribution in [2.24, 2.45) is 5.73 Å². The molecule has 0 aromatic heterocycles. The van der Waals surface area contributed by atoms with E-state index < -0.39 is 54.5 Å². The predicted molar refractivity (Wildman–Crippen MR) is 118 cm³/mol. The highest BCUT2D eigenvalue weighted by Crippen LogP contribution is 2.02. The number of hydrogen-bond donors (Lipinski definition) is 5. The zero-order valence-electron chi connectivity index (χ0n) is 18.9. The Balaban J connectivity index is 2.71. The number of hydrogen-bond acceptors (Lipinski definition) is 7. The Labute approximate surface area is 191 Å². The van der Waals surface area contributed by atoms with Crippen molar-refractivity contribution >= 4 is 29.8 Å². The van der Waals surface area contributed by atoms with Gasteiger partial charge in [-0.05, 0) is 26.3 Å². The van der Waals surface area contributed by atoms with Gasteiger partial charge in [0.15, 0.2) is 0 Å². The highest BCUT2D eigenvalue weighted by atomic mass is 16.5. The number of nitrogens with two attached hydrogens (primary N) is 1. The summed E-state index contributed by atoms with van der Waals surface area (Å²) in [6.45, 7) is 3.65. The number of ether oxygens (including phenoxy) is 1. The zero-order chi connectivity index (χ0) is 25.0. The molecule has 1 aromatic carbocycles. The molecule has 12 heteroatoms. The molecule has 6 N–H and O–H groups in total. The molecule has 182 valence electrons. The second-order valence-corrected chi connectivity index (χ2v) is 7.39. The van der Waals surface area contributed by atoms with Crippen LogP contribution in [0.5, 0.6) is 0 Å². The number of rotatable bonds is 12. The van der Waals surface area contributed by atoms with E-state index in [1.54, 1.807) is 24.3 Å². The lowest BCUT2D eigenvalue weighted by molar-refractivity contribution is -0.142. The fourth-order valence-corrected chi connectivity index (χ4v) is 2.54. The monoisotopic (exact) mass is 465 g/mol. The van der Waals surface area contributed by atoms with E-state index in [0.717, 1.165) is 10.5 Å². The van der Waals surface area contributed by atoms with E-state index >= 15 is 0 Å². The van der Waals surface area contributed by atoms with Crippen LogP contribution in [0.15, 0.2) is 30.3 Å². The summed E-state index contributed by atoms with van der Waals surface area (Å²) >= 11 is 0. The largest absolute Gasteiger partial charge is 0.480 e. The van der Waals surface area contributed by atoms with Crippen LogP contribution in [0.2, 0.25) is 0 Å². The molecule has 1 aromatic rings. The minimum absolute atomic E-state index is 0.000941. The highest BCUT2D eigenvalue weighted by Gasteiger charge is 2.25. The van der Waals surface area contributed by atoms with Gasteiger partial charge in [-0.25, -0.2) is 4.79 Å². The number of nitrogens with zero attached hydrogens (tertiary/aromatic N) is 1. The predicted octanol–water partition coefficient (Wildman–Crippen LogP) is -0.817. The summed E-state index contributed by atoms with van der Waals surface area (Å²) in [5, 5.41) is 16.1. The number of aliphatic carboxylic acids is 1. The number of nitrogens with one attached hydrogen (secondary N) is 3. The molecule has 0 aliphatic heterocycles. The first kappa shape index (κ1) is 27.4. The van der Waals surface area contributed by atoms with Crippen LogP contribution in [0.3, 0.4) is 0 Å². The minimum Gasteiger partial charge on any atom is -0.480 e. The molecule has 0 aliphatic rings. The SMILES string of the molecule is C[C@H](N)C(=O)NCCN(CC(=O)N[C@@H](C)C(=O)O)C(=O)[C@H](C)NC(=O)OCc1ccccc1. The molecule has 0 fully saturated rings. The van der Waals surface area contributed by atoms with E-state index in [-0.39, 0.29) is 19.7 Å². The number of carboxylic acids is 1. The minimum atomic E-state index is -1.23. The number of benzene rings is 1. The van der Waals surface area contributed by atoms with Gasteiger partial charge >= 0.3 is 12.1 Å². The lowest BCUT2D eigenvalue weighted by Gasteiger charge is -2.26. The second-order valence-electron chi connectivity index (χ2n) is 7.39. The van der Waals surface area contributed by atoms with Gasteiger partial charge in [0.1, 0.15) is 18.7 Å². The highest BCUT2D eigenvalue weighted by molar-refractivity contribution is 5.90. The first-order valence-corrected chi connectivity index (χ1v) is 10.3. The van der Waals surface area contributed by atoms with Crippen LogP contribution in [0.25, 0.3) is 0 Å². The lowest BCUT2D eigenvalue weighted by atomic mass is 10.2. The summed E-state index contributed by atoms with van der Waals surface area (Å²) < 4.78 is 5.09. The van der Waals surface area contributed by atoms with Gasteiger partial charge in [-0.1, -0.05) is 30.3 Å². The van der Waals surface area contributed by atoms with Gasteiger partial charge in [0, 0.05) is 13.1 Å². The maximum atomic E-state index is 12.8. The van der Waals surface area contributed by atoms with Gasteiger partial charge in [-0.3, -0.25) is 19.2 Å². The molecule has 0 saturated carbocycles. The van der Waals surface area contributed by atoms with Crippen LogP contribution in [-0.2, 0) is 30.5 Å². The zero-order valence-corrected chi connectivity index (χ0v) is 18.9. The molecule has 0 heterocycles. The molecule has 1 rings (SSSR count). The quantitative estimate of drug-likeness (QED) is 0.265. The van der Waals surface area contributed by atoms with Crippen LogP contribution in [0, 0.1) is 0 Å². The van der Waals surface area contributed by atoms with Gasteiger partial charge in [0.25, 0.3) is 0 Å². The van der Waals surface area contributed by atoms with E-state index in [2.05, 4.69) is 16.0 Å². The summed E-state index contributed by atoms with van der Waals surface area (Å²) in [6, 6.07) is 5.99. The maximum absolute atomic E-state index is 12.8. The third kappa shape index (κ3) is 10.5. The molecule has 4 amide bonds. The van der Waals surface area contributed by atoms with Gasteiger partial charge in [-0.2, -0.15) is 0 Å². The van der Waals surface area contributed by atoms with Crippen molar-refractivity contribution in [2.45, 2.75) is 45.5 Å². The Kier molecular flexibility index (Phi) is 11.3. The van der Waals surface area contributed by atoms with Crippen LogP contribution in [-0.4, -0.2) is 77.6 Å². The van der Waals surface area contributed by atoms with E-state index in [9.17, 15) is 24.0 Å². The second kappa shape index (κ2) is 13.7.